The number of nitrogens with zero attached hydrogens (tertiary/aromatic N) is 1. The molecule has 0 aliphatic rings. The molecule has 0 saturated carbocycles. The van der Waals surface area contributed by atoms with Crippen LogP contribution in [0.4, 0.5) is 14.5 Å². The highest BCUT2D eigenvalue weighted by Gasteiger charge is 2.14. The Morgan fingerprint density at radius 3 is 2.79 bits per heavy atom. The molecule has 0 aliphatic heterocycles. The molecule has 0 radical (unpaired) electrons. The van der Waals surface area contributed by atoms with Crippen LogP contribution in [0.3, 0.4) is 0 Å². The number of benzene rings is 1. The van der Waals surface area contributed by atoms with Gasteiger partial charge in [0.25, 0.3) is 5.91 Å². The van der Waals surface area contributed by atoms with Crippen LogP contribution >= 0.6 is 0 Å². The maximum Gasteiger partial charge on any atom is 0.254 e. The highest BCUT2D eigenvalue weighted by molar-refractivity contribution is 5.95. The highest BCUT2D eigenvalue weighted by Crippen LogP contribution is 2.16. The van der Waals surface area contributed by atoms with Gasteiger partial charge in [-0.25, -0.2) is 8.78 Å². The zero-order valence-electron chi connectivity index (χ0n) is 9.86. The van der Waals surface area contributed by atoms with Crippen molar-refractivity contribution in [2.45, 2.75) is 6.54 Å². The number of halogens is 2. The number of carbonyl (C=O) groups is 1. The predicted octanol–water partition coefficient (Wildman–Crippen LogP) is 1.87. The number of amides is 1. The van der Waals surface area contributed by atoms with Gasteiger partial charge in [0.05, 0.1) is 11.3 Å². The fourth-order valence-electron chi connectivity index (χ4n) is 1.52. The number of aromatic nitrogens is 1. The van der Waals surface area contributed by atoms with Crippen LogP contribution in [-0.2, 0) is 6.54 Å². The smallest absolute Gasteiger partial charge is 0.254 e. The van der Waals surface area contributed by atoms with E-state index in [2.05, 4.69) is 10.3 Å². The minimum Gasteiger partial charge on any atom is -0.396 e. The first-order chi connectivity index (χ1) is 9.08. The number of nitrogen functional groups attached to an aromatic ring is 1. The summed E-state index contributed by atoms with van der Waals surface area (Å²) in [5.74, 6) is -2.50. The maximum atomic E-state index is 13.4. The lowest BCUT2D eigenvalue weighted by Crippen LogP contribution is -2.24. The van der Waals surface area contributed by atoms with E-state index >= 15 is 0 Å². The van der Waals surface area contributed by atoms with Crippen LogP contribution in [0.2, 0.25) is 0 Å². The van der Waals surface area contributed by atoms with Crippen LogP contribution < -0.4 is 11.1 Å². The number of anilines is 1. The van der Waals surface area contributed by atoms with E-state index in [-0.39, 0.29) is 17.8 Å². The van der Waals surface area contributed by atoms with Gasteiger partial charge in [0.2, 0.25) is 0 Å². The van der Waals surface area contributed by atoms with Crippen LogP contribution in [-0.4, -0.2) is 10.9 Å². The van der Waals surface area contributed by atoms with Gasteiger partial charge < -0.3 is 11.1 Å². The van der Waals surface area contributed by atoms with Gasteiger partial charge in [-0.05, 0) is 17.7 Å². The van der Waals surface area contributed by atoms with E-state index in [1.165, 1.54) is 0 Å². The summed E-state index contributed by atoms with van der Waals surface area (Å²) in [6, 6.07) is 5.05. The molecule has 0 aliphatic carbocycles. The largest absolute Gasteiger partial charge is 0.396 e. The topological polar surface area (TPSA) is 68.0 Å². The van der Waals surface area contributed by atoms with Crippen LogP contribution in [0.25, 0.3) is 0 Å². The van der Waals surface area contributed by atoms with Crippen molar-refractivity contribution < 1.29 is 13.6 Å². The van der Waals surface area contributed by atoms with E-state index < -0.39 is 17.5 Å². The molecule has 6 heteroatoms. The lowest BCUT2D eigenvalue weighted by molar-refractivity contribution is 0.0947. The maximum absolute atomic E-state index is 13.4. The average molecular weight is 263 g/mol. The minimum atomic E-state index is -0.949. The molecule has 3 N–H and O–H groups in total. The molecule has 1 aromatic carbocycles. The fraction of sp³-hybridized carbons (Fsp3) is 0.0769. The number of pyridine rings is 1. The molecule has 1 heterocycles. The molecule has 0 bridgehead atoms. The van der Waals surface area contributed by atoms with E-state index in [0.29, 0.717) is 6.07 Å². The van der Waals surface area contributed by atoms with Crippen molar-refractivity contribution >= 4 is 11.6 Å². The summed E-state index contributed by atoms with van der Waals surface area (Å²) in [5.41, 5.74) is 5.51. The first-order valence-electron chi connectivity index (χ1n) is 5.49. The van der Waals surface area contributed by atoms with E-state index in [9.17, 15) is 13.6 Å². The first-order valence-corrected chi connectivity index (χ1v) is 5.49. The molecule has 2 aromatic rings. The lowest BCUT2D eigenvalue weighted by atomic mass is 10.1. The number of carbonyl (C=O) groups excluding carboxylic acids is 1. The van der Waals surface area contributed by atoms with Gasteiger partial charge >= 0.3 is 0 Å². The molecular weight excluding hydrogens is 252 g/mol. The van der Waals surface area contributed by atoms with Gasteiger partial charge in [0, 0.05) is 25.0 Å². The van der Waals surface area contributed by atoms with E-state index in [1.54, 1.807) is 24.5 Å². The zero-order chi connectivity index (χ0) is 13.8. The summed E-state index contributed by atoms with van der Waals surface area (Å²) in [6.07, 6.45) is 3.18. The third-order valence-electron chi connectivity index (χ3n) is 2.51. The summed E-state index contributed by atoms with van der Waals surface area (Å²) in [4.78, 5) is 15.6. The Hall–Kier alpha value is -2.50. The molecule has 0 saturated heterocycles. The van der Waals surface area contributed by atoms with Crippen LogP contribution in [0.15, 0.2) is 36.7 Å². The second-order valence-corrected chi connectivity index (χ2v) is 3.90. The number of nitrogens with one attached hydrogen (secondary N) is 1. The zero-order valence-corrected chi connectivity index (χ0v) is 9.86. The Labute approximate surface area is 108 Å². The van der Waals surface area contributed by atoms with E-state index in [4.69, 9.17) is 5.73 Å². The molecule has 0 atom stereocenters. The normalized spacial score (nSPS) is 10.2. The third-order valence-corrected chi connectivity index (χ3v) is 2.51. The molecule has 0 fully saturated rings. The molecule has 0 spiro atoms. The Morgan fingerprint density at radius 2 is 2.11 bits per heavy atom. The summed E-state index contributed by atoms with van der Waals surface area (Å²) in [5, 5.41) is 2.51. The van der Waals surface area contributed by atoms with Gasteiger partial charge in [0.15, 0.2) is 0 Å². The second-order valence-electron chi connectivity index (χ2n) is 3.90. The molecule has 1 amide bonds. The standard InChI is InChI=1S/C13H11F2N3O/c14-10-5-11(15)12(16)4-9(10)13(19)18-7-8-2-1-3-17-6-8/h1-6H,7,16H2,(H,18,19). The predicted molar refractivity (Wildman–Crippen MR) is 66.2 cm³/mol. The fourth-order valence-corrected chi connectivity index (χ4v) is 1.52. The van der Waals surface area contributed by atoms with Crippen LogP contribution in [0, 0.1) is 11.6 Å². The molecule has 0 unspecified atom stereocenters. The molecular formula is C13H11F2N3O. The summed E-state index contributed by atoms with van der Waals surface area (Å²) >= 11 is 0. The molecule has 98 valence electrons. The van der Waals surface area contributed by atoms with Crippen LogP contribution in [0.1, 0.15) is 15.9 Å². The molecule has 4 nitrogen and oxygen atoms in total. The SMILES string of the molecule is Nc1cc(C(=O)NCc2cccnc2)c(F)cc1F. The average Bonchev–Trinajstić information content (AvgIpc) is 2.41. The molecule has 1 aromatic heterocycles. The summed E-state index contributed by atoms with van der Waals surface area (Å²) in [6.45, 7) is 0.198. The number of rotatable bonds is 3. The van der Waals surface area contributed by atoms with E-state index in [1.807, 2.05) is 0 Å². The second kappa shape index (κ2) is 5.43. The Bertz CT molecular complexity index is 602. The van der Waals surface area contributed by atoms with Gasteiger partial charge in [0.1, 0.15) is 11.6 Å². The Kier molecular flexibility index (Phi) is 3.70. The van der Waals surface area contributed by atoms with Crippen molar-refractivity contribution in [3.8, 4) is 0 Å². The highest BCUT2D eigenvalue weighted by atomic mass is 19.1. The quantitative estimate of drug-likeness (QED) is 0.831. The molecule has 19 heavy (non-hydrogen) atoms. The number of nitrogens with two attached hydrogens (primary N) is 1. The van der Waals surface area contributed by atoms with Gasteiger partial charge in [-0.3, -0.25) is 9.78 Å². The van der Waals surface area contributed by atoms with Gasteiger partial charge in [-0.15, -0.1) is 0 Å². The van der Waals surface area contributed by atoms with Crippen molar-refractivity contribution in [1.82, 2.24) is 10.3 Å². The number of hydrogen-bond donors (Lipinski definition) is 2. The van der Waals surface area contributed by atoms with Crippen molar-refractivity contribution in [1.29, 1.82) is 0 Å². The van der Waals surface area contributed by atoms with Gasteiger partial charge in [-0.2, -0.15) is 0 Å². The van der Waals surface area contributed by atoms with Crippen molar-refractivity contribution in [3.05, 3.63) is 59.4 Å². The first kappa shape index (κ1) is 12.9. The van der Waals surface area contributed by atoms with Crippen molar-refractivity contribution in [2.75, 3.05) is 5.73 Å². The lowest BCUT2D eigenvalue weighted by Gasteiger charge is -2.07. The van der Waals surface area contributed by atoms with Crippen molar-refractivity contribution in [3.63, 3.8) is 0 Å². The Morgan fingerprint density at radius 1 is 1.32 bits per heavy atom. The Balaban J connectivity index is 2.10. The van der Waals surface area contributed by atoms with Crippen LogP contribution in [0.5, 0.6) is 0 Å². The van der Waals surface area contributed by atoms with E-state index in [0.717, 1.165) is 11.6 Å². The minimum absolute atomic E-state index is 0.198. The third kappa shape index (κ3) is 3.04. The summed E-state index contributed by atoms with van der Waals surface area (Å²) in [7, 11) is 0. The molecule has 2 rings (SSSR count). The number of hydrogen-bond acceptors (Lipinski definition) is 3. The van der Waals surface area contributed by atoms with Gasteiger partial charge in [-0.1, -0.05) is 6.07 Å². The monoisotopic (exact) mass is 263 g/mol. The summed E-state index contributed by atoms with van der Waals surface area (Å²) < 4.78 is 26.4. The van der Waals surface area contributed by atoms with Crippen molar-refractivity contribution in [2.24, 2.45) is 0 Å².